The number of halogens is 1. The fourth-order valence-electron chi connectivity index (χ4n) is 3.59. The first-order valence-electron chi connectivity index (χ1n) is 10.2. The van der Waals surface area contributed by atoms with Gasteiger partial charge >= 0.3 is 0 Å². The van der Waals surface area contributed by atoms with E-state index in [1.165, 1.54) is 12.1 Å². The molecule has 152 valence electrons. The van der Waals surface area contributed by atoms with Crippen molar-refractivity contribution in [3.05, 3.63) is 119 Å². The van der Waals surface area contributed by atoms with E-state index in [0.717, 1.165) is 27.5 Å². The number of aryl methyl sites for hydroxylation is 1. The molecular formula is C28H22FNO. The van der Waals surface area contributed by atoms with Crippen LogP contribution in [-0.4, -0.2) is 10.8 Å². The molecule has 0 aliphatic carbocycles. The van der Waals surface area contributed by atoms with Crippen LogP contribution in [0.2, 0.25) is 0 Å². The van der Waals surface area contributed by atoms with Crippen LogP contribution in [0.1, 0.15) is 22.3 Å². The highest BCUT2D eigenvalue weighted by Crippen LogP contribution is 2.24. The number of carbonyl (C=O) groups is 1. The van der Waals surface area contributed by atoms with Gasteiger partial charge < -0.3 is 4.90 Å². The maximum absolute atomic E-state index is 13.1. The Labute approximate surface area is 182 Å². The smallest absolute Gasteiger partial charge is 0.299 e. The Morgan fingerprint density at radius 3 is 2.32 bits per heavy atom. The minimum atomic E-state index is -0.325. The summed E-state index contributed by atoms with van der Waals surface area (Å²) in [6, 6.07) is 28.1. The number of carbonyl (C=O) groups excluding carboxylic acids is 1. The van der Waals surface area contributed by atoms with Crippen LogP contribution in [0.5, 0.6) is 0 Å². The van der Waals surface area contributed by atoms with Crippen LogP contribution in [0.25, 0.3) is 10.8 Å². The van der Waals surface area contributed by atoms with E-state index in [9.17, 15) is 9.18 Å². The Morgan fingerprint density at radius 2 is 1.55 bits per heavy atom. The normalized spacial score (nSPS) is 10.4. The van der Waals surface area contributed by atoms with Crippen molar-refractivity contribution in [2.24, 2.45) is 0 Å². The molecule has 0 radical (unpaired) electrons. The number of benzene rings is 4. The van der Waals surface area contributed by atoms with Crippen LogP contribution in [0.15, 0.2) is 91.0 Å². The van der Waals surface area contributed by atoms with Crippen LogP contribution < -0.4 is 0 Å². The lowest BCUT2D eigenvalue weighted by atomic mass is 9.99. The van der Waals surface area contributed by atoms with Crippen molar-refractivity contribution in [1.82, 2.24) is 4.90 Å². The summed E-state index contributed by atoms with van der Waals surface area (Å²) in [5.74, 6) is 5.02. The summed E-state index contributed by atoms with van der Waals surface area (Å²) in [4.78, 5) is 14.9. The van der Waals surface area contributed by atoms with Gasteiger partial charge in [0.15, 0.2) is 0 Å². The molecule has 4 aromatic rings. The summed E-state index contributed by atoms with van der Waals surface area (Å²) < 4.78 is 13.1. The van der Waals surface area contributed by atoms with E-state index < -0.39 is 0 Å². The molecule has 0 heterocycles. The SMILES string of the molecule is Cc1ccc2ccccc2c1CN(Cc1ccccc1)C(=O)C#Cc1ccc(F)cc1. The average molecular weight is 407 g/mol. The maximum Gasteiger partial charge on any atom is 0.299 e. The third kappa shape index (κ3) is 4.99. The molecule has 0 spiro atoms. The molecule has 0 aliphatic rings. The monoisotopic (exact) mass is 407 g/mol. The zero-order valence-corrected chi connectivity index (χ0v) is 17.3. The first-order chi connectivity index (χ1) is 15.1. The van der Waals surface area contributed by atoms with Gasteiger partial charge in [-0.3, -0.25) is 4.79 Å². The van der Waals surface area contributed by atoms with E-state index >= 15 is 0 Å². The second-order valence-electron chi connectivity index (χ2n) is 7.49. The third-order valence-electron chi connectivity index (χ3n) is 5.29. The van der Waals surface area contributed by atoms with Crippen LogP contribution in [0.4, 0.5) is 4.39 Å². The number of fused-ring (bicyclic) bond motifs is 1. The molecule has 3 heteroatoms. The van der Waals surface area contributed by atoms with Gasteiger partial charge in [-0.05, 0) is 58.7 Å². The van der Waals surface area contributed by atoms with Crippen molar-refractivity contribution in [2.75, 3.05) is 0 Å². The van der Waals surface area contributed by atoms with Crippen molar-refractivity contribution in [2.45, 2.75) is 20.0 Å². The molecule has 2 nitrogen and oxygen atoms in total. The average Bonchev–Trinajstić information content (AvgIpc) is 2.80. The Bertz CT molecular complexity index is 1270. The Morgan fingerprint density at radius 1 is 0.839 bits per heavy atom. The second-order valence-corrected chi connectivity index (χ2v) is 7.49. The van der Waals surface area contributed by atoms with Crippen LogP contribution in [0, 0.1) is 24.6 Å². The number of nitrogens with zero attached hydrogens (tertiary/aromatic N) is 1. The summed E-state index contributed by atoms with van der Waals surface area (Å²) in [7, 11) is 0. The molecule has 0 atom stereocenters. The van der Waals surface area contributed by atoms with E-state index in [1.807, 2.05) is 42.5 Å². The standard InChI is InChI=1S/C28H22FNO/c1-21-11-15-24-9-5-6-10-26(24)27(21)20-30(19-23-7-3-2-4-8-23)28(31)18-14-22-12-16-25(29)17-13-22/h2-13,15-17H,19-20H2,1H3. The maximum atomic E-state index is 13.1. The van der Waals surface area contributed by atoms with Crippen molar-refractivity contribution in [1.29, 1.82) is 0 Å². The molecule has 0 aromatic heterocycles. The number of hydrogen-bond donors (Lipinski definition) is 0. The predicted molar refractivity (Wildman–Crippen MR) is 123 cm³/mol. The lowest BCUT2D eigenvalue weighted by Crippen LogP contribution is -2.29. The highest BCUT2D eigenvalue weighted by atomic mass is 19.1. The molecule has 4 aromatic carbocycles. The van der Waals surface area contributed by atoms with Crippen molar-refractivity contribution in [3.8, 4) is 11.8 Å². The minimum Gasteiger partial charge on any atom is -0.323 e. The fourth-order valence-corrected chi connectivity index (χ4v) is 3.59. The lowest BCUT2D eigenvalue weighted by Gasteiger charge is -2.23. The summed E-state index contributed by atoms with van der Waals surface area (Å²) in [6.07, 6.45) is 0. The van der Waals surface area contributed by atoms with E-state index in [-0.39, 0.29) is 11.7 Å². The number of amides is 1. The zero-order valence-electron chi connectivity index (χ0n) is 17.3. The first kappa shape index (κ1) is 20.4. The first-order valence-corrected chi connectivity index (χ1v) is 10.2. The van der Waals surface area contributed by atoms with Gasteiger partial charge in [-0.2, -0.15) is 0 Å². The van der Waals surface area contributed by atoms with Gasteiger partial charge in [0.25, 0.3) is 5.91 Å². The Balaban J connectivity index is 1.68. The highest BCUT2D eigenvalue weighted by molar-refractivity contribution is 5.94. The van der Waals surface area contributed by atoms with Crippen LogP contribution in [0.3, 0.4) is 0 Å². The van der Waals surface area contributed by atoms with Crippen LogP contribution in [-0.2, 0) is 17.9 Å². The second kappa shape index (κ2) is 9.28. The largest absolute Gasteiger partial charge is 0.323 e. The predicted octanol–water partition coefficient (Wildman–Crippen LogP) is 5.87. The molecule has 0 saturated heterocycles. The van der Waals surface area contributed by atoms with Crippen molar-refractivity contribution in [3.63, 3.8) is 0 Å². The molecule has 31 heavy (non-hydrogen) atoms. The summed E-state index contributed by atoms with van der Waals surface area (Å²) >= 11 is 0. The Hall–Kier alpha value is -3.90. The van der Waals surface area contributed by atoms with Gasteiger partial charge in [0.2, 0.25) is 0 Å². The lowest BCUT2D eigenvalue weighted by molar-refractivity contribution is -0.126. The number of rotatable bonds is 4. The number of hydrogen-bond acceptors (Lipinski definition) is 1. The highest BCUT2D eigenvalue weighted by Gasteiger charge is 2.16. The molecule has 4 rings (SSSR count). The fraction of sp³-hybridized carbons (Fsp3) is 0.107. The van der Waals surface area contributed by atoms with Gasteiger partial charge in [0, 0.05) is 24.6 Å². The molecule has 0 aliphatic heterocycles. The van der Waals surface area contributed by atoms with Gasteiger partial charge in [-0.15, -0.1) is 0 Å². The van der Waals surface area contributed by atoms with E-state index in [0.29, 0.717) is 18.7 Å². The molecular weight excluding hydrogens is 385 g/mol. The molecule has 0 saturated carbocycles. The molecule has 0 fully saturated rings. The molecule has 0 unspecified atom stereocenters. The van der Waals surface area contributed by atoms with Gasteiger partial charge in [-0.1, -0.05) is 72.7 Å². The summed E-state index contributed by atoms with van der Waals surface area (Å²) in [5, 5.41) is 2.28. The summed E-state index contributed by atoms with van der Waals surface area (Å²) in [5.41, 5.74) is 3.90. The van der Waals surface area contributed by atoms with E-state index in [1.54, 1.807) is 17.0 Å². The molecule has 1 amide bonds. The minimum absolute atomic E-state index is 0.263. The zero-order chi connectivity index (χ0) is 21.6. The van der Waals surface area contributed by atoms with Crippen molar-refractivity contribution >= 4 is 16.7 Å². The van der Waals surface area contributed by atoms with Gasteiger partial charge in [0.1, 0.15) is 5.82 Å². The quantitative estimate of drug-likeness (QED) is 0.388. The van der Waals surface area contributed by atoms with Gasteiger partial charge in [-0.25, -0.2) is 4.39 Å². The molecule has 0 bridgehead atoms. The van der Waals surface area contributed by atoms with E-state index in [4.69, 9.17) is 0 Å². The van der Waals surface area contributed by atoms with Crippen LogP contribution >= 0.6 is 0 Å². The topological polar surface area (TPSA) is 20.3 Å². The third-order valence-corrected chi connectivity index (χ3v) is 5.29. The molecule has 0 N–H and O–H groups in total. The van der Waals surface area contributed by atoms with Gasteiger partial charge in [0.05, 0.1) is 0 Å². The van der Waals surface area contributed by atoms with Crippen molar-refractivity contribution < 1.29 is 9.18 Å². The summed E-state index contributed by atoms with van der Waals surface area (Å²) in [6.45, 7) is 2.98. The van der Waals surface area contributed by atoms with E-state index in [2.05, 4.69) is 43.0 Å². The Kier molecular flexibility index (Phi) is 6.10.